The van der Waals surface area contributed by atoms with Gasteiger partial charge in [-0.25, -0.2) is 4.98 Å². The summed E-state index contributed by atoms with van der Waals surface area (Å²) in [6.07, 6.45) is 1.63. The highest BCUT2D eigenvalue weighted by molar-refractivity contribution is 9.10. The number of hydrogen-bond acceptors (Lipinski definition) is 4. The molecule has 1 heterocycles. The van der Waals surface area contributed by atoms with E-state index in [1.807, 2.05) is 6.92 Å². The quantitative estimate of drug-likeness (QED) is 0.664. The molecule has 1 aromatic heterocycles. The summed E-state index contributed by atoms with van der Waals surface area (Å²) in [7, 11) is 0. The summed E-state index contributed by atoms with van der Waals surface area (Å²) in [5, 5.41) is 2.76. The Morgan fingerprint density at radius 2 is 2.25 bits per heavy atom. The molecule has 0 aliphatic heterocycles. The number of nitrogens with one attached hydrogen (secondary N) is 1. The van der Waals surface area contributed by atoms with Crippen LogP contribution < -0.4 is 15.8 Å². The highest BCUT2D eigenvalue weighted by Crippen LogP contribution is 2.24. The predicted octanol–water partition coefficient (Wildman–Crippen LogP) is 3.08. The van der Waals surface area contributed by atoms with Crippen LogP contribution in [-0.4, -0.2) is 17.5 Å². The zero-order chi connectivity index (χ0) is 14.5. The Morgan fingerprint density at radius 3 is 2.90 bits per heavy atom. The van der Waals surface area contributed by atoms with Crippen molar-refractivity contribution < 1.29 is 9.53 Å². The molecule has 6 heteroatoms. The van der Waals surface area contributed by atoms with Gasteiger partial charge in [-0.2, -0.15) is 0 Å². The number of aromatic nitrogens is 1. The summed E-state index contributed by atoms with van der Waals surface area (Å²) in [5.41, 5.74) is 7.34. The fourth-order valence-electron chi connectivity index (χ4n) is 1.65. The number of ether oxygens (including phenoxy) is 1. The summed E-state index contributed by atoms with van der Waals surface area (Å²) in [5.74, 6) is 0.319. The van der Waals surface area contributed by atoms with Crippen molar-refractivity contribution in [2.24, 2.45) is 0 Å². The number of nitrogens with zero attached hydrogens (tertiary/aromatic N) is 1. The van der Waals surface area contributed by atoms with Gasteiger partial charge in [0.1, 0.15) is 10.4 Å². The fourth-order valence-corrected chi connectivity index (χ4v) is 2.00. The molecule has 0 atom stereocenters. The van der Waals surface area contributed by atoms with E-state index in [0.29, 0.717) is 33.9 Å². The molecule has 5 nitrogen and oxygen atoms in total. The van der Waals surface area contributed by atoms with Crippen molar-refractivity contribution in [2.45, 2.75) is 6.92 Å². The molecule has 1 amide bonds. The zero-order valence-corrected chi connectivity index (χ0v) is 12.5. The number of benzene rings is 1. The molecule has 0 saturated carbocycles. The second kappa shape index (κ2) is 6.38. The Morgan fingerprint density at radius 1 is 1.45 bits per heavy atom. The molecule has 0 unspecified atom stereocenters. The number of carbonyl (C=O) groups is 1. The van der Waals surface area contributed by atoms with Crippen molar-refractivity contribution >= 4 is 33.2 Å². The van der Waals surface area contributed by atoms with E-state index in [1.54, 1.807) is 36.5 Å². The van der Waals surface area contributed by atoms with E-state index in [-0.39, 0.29) is 5.91 Å². The average molecular weight is 336 g/mol. The van der Waals surface area contributed by atoms with Crippen LogP contribution in [0.25, 0.3) is 0 Å². The molecule has 0 bridgehead atoms. The summed E-state index contributed by atoms with van der Waals surface area (Å²) in [6, 6.07) is 8.44. The monoisotopic (exact) mass is 335 g/mol. The summed E-state index contributed by atoms with van der Waals surface area (Å²) < 4.78 is 5.91. The maximum Gasteiger partial charge on any atom is 0.255 e. The van der Waals surface area contributed by atoms with E-state index in [2.05, 4.69) is 26.2 Å². The molecule has 0 aliphatic rings. The van der Waals surface area contributed by atoms with Gasteiger partial charge in [0.25, 0.3) is 5.91 Å². The molecule has 3 N–H and O–H groups in total. The van der Waals surface area contributed by atoms with Gasteiger partial charge >= 0.3 is 0 Å². The van der Waals surface area contributed by atoms with Gasteiger partial charge in [0, 0.05) is 11.8 Å². The zero-order valence-electron chi connectivity index (χ0n) is 10.9. The smallest absolute Gasteiger partial charge is 0.255 e. The predicted molar refractivity (Wildman–Crippen MR) is 81.9 cm³/mol. The second-order valence-corrected chi connectivity index (χ2v) is 4.73. The van der Waals surface area contributed by atoms with Crippen LogP contribution in [0.2, 0.25) is 0 Å². The Bertz CT molecular complexity index is 632. The lowest BCUT2D eigenvalue weighted by Gasteiger charge is -2.10. The number of amides is 1. The van der Waals surface area contributed by atoms with E-state index in [9.17, 15) is 4.79 Å². The summed E-state index contributed by atoms with van der Waals surface area (Å²) in [4.78, 5) is 16.2. The minimum absolute atomic E-state index is 0.256. The molecule has 20 heavy (non-hydrogen) atoms. The molecule has 0 aliphatic carbocycles. The van der Waals surface area contributed by atoms with Gasteiger partial charge in [-0.1, -0.05) is 0 Å². The van der Waals surface area contributed by atoms with Crippen molar-refractivity contribution in [3.8, 4) is 5.75 Å². The summed E-state index contributed by atoms with van der Waals surface area (Å²) in [6.45, 7) is 2.40. The standard InChI is InChI=1S/C14H14BrN3O2/c1-2-20-12-6-5-9(8-10(12)16)14(19)18-11-4-3-7-17-13(11)15/h3-8H,2,16H2,1H3,(H,18,19). The van der Waals surface area contributed by atoms with Gasteiger partial charge < -0.3 is 15.8 Å². The maximum absolute atomic E-state index is 12.1. The number of nitrogens with two attached hydrogens (primary N) is 1. The average Bonchev–Trinajstić information content (AvgIpc) is 2.43. The van der Waals surface area contributed by atoms with Crippen LogP contribution >= 0.6 is 15.9 Å². The van der Waals surface area contributed by atoms with Crippen molar-refractivity contribution in [1.82, 2.24) is 4.98 Å². The highest BCUT2D eigenvalue weighted by atomic mass is 79.9. The van der Waals surface area contributed by atoms with E-state index < -0.39 is 0 Å². The molecule has 0 radical (unpaired) electrons. The number of hydrogen-bond donors (Lipinski definition) is 2. The lowest BCUT2D eigenvalue weighted by molar-refractivity contribution is 0.102. The van der Waals surface area contributed by atoms with Crippen molar-refractivity contribution in [3.63, 3.8) is 0 Å². The Balaban J connectivity index is 2.18. The molecule has 104 valence electrons. The molecule has 0 spiro atoms. The largest absolute Gasteiger partial charge is 0.492 e. The topological polar surface area (TPSA) is 77.2 Å². The molecular weight excluding hydrogens is 322 g/mol. The second-order valence-electron chi connectivity index (χ2n) is 3.98. The maximum atomic E-state index is 12.1. The van der Waals surface area contributed by atoms with Gasteiger partial charge in [-0.3, -0.25) is 4.79 Å². The SMILES string of the molecule is CCOc1ccc(C(=O)Nc2cccnc2Br)cc1N. The molecule has 0 saturated heterocycles. The first-order valence-electron chi connectivity index (χ1n) is 6.06. The van der Waals surface area contributed by atoms with Crippen molar-refractivity contribution in [2.75, 3.05) is 17.7 Å². The van der Waals surface area contributed by atoms with Crippen LogP contribution in [0, 0.1) is 0 Å². The van der Waals surface area contributed by atoms with Gasteiger partial charge in [0.2, 0.25) is 0 Å². The minimum atomic E-state index is -0.256. The third kappa shape index (κ3) is 3.27. The van der Waals surface area contributed by atoms with E-state index >= 15 is 0 Å². The fraction of sp³-hybridized carbons (Fsp3) is 0.143. The number of rotatable bonds is 4. The normalized spacial score (nSPS) is 10.1. The van der Waals surface area contributed by atoms with E-state index in [0.717, 1.165) is 0 Å². The Hall–Kier alpha value is -2.08. The number of halogens is 1. The molecule has 1 aromatic carbocycles. The van der Waals surface area contributed by atoms with E-state index in [1.165, 1.54) is 0 Å². The van der Waals surface area contributed by atoms with Crippen LogP contribution in [0.4, 0.5) is 11.4 Å². The Kier molecular flexibility index (Phi) is 4.57. The lowest BCUT2D eigenvalue weighted by Crippen LogP contribution is -2.13. The van der Waals surface area contributed by atoms with Crippen LogP contribution in [0.3, 0.4) is 0 Å². The van der Waals surface area contributed by atoms with Crippen molar-refractivity contribution in [3.05, 3.63) is 46.7 Å². The molecular formula is C14H14BrN3O2. The number of carbonyl (C=O) groups excluding carboxylic acids is 1. The third-order valence-corrected chi connectivity index (χ3v) is 3.21. The van der Waals surface area contributed by atoms with Gasteiger partial charge in [0.05, 0.1) is 18.0 Å². The van der Waals surface area contributed by atoms with Crippen LogP contribution in [0.1, 0.15) is 17.3 Å². The van der Waals surface area contributed by atoms with Crippen molar-refractivity contribution in [1.29, 1.82) is 0 Å². The third-order valence-electron chi connectivity index (χ3n) is 2.58. The van der Waals surface area contributed by atoms with Gasteiger partial charge in [0.15, 0.2) is 0 Å². The first-order valence-corrected chi connectivity index (χ1v) is 6.85. The minimum Gasteiger partial charge on any atom is -0.492 e. The molecule has 0 fully saturated rings. The molecule has 2 rings (SSSR count). The highest BCUT2D eigenvalue weighted by Gasteiger charge is 2.10. The summed E-state index contributed by atoms with van der Waals surface area (Å²) >= 11 is 3.27. The van der Waals surface area contributed by atoms with Crippen LogP contribution in [0.5, 0.6) is 5.75 Å². The van der Waals surface area contributed by atoms with Gasteiger partial charge in [-0.15, -0.1) is 0 Å². The number of nitrogen functional groups attached to an aromatic ring is 1. The van der Waals surface area contributed by atoms with Gasteiger partial charge in [-0.05, 0) is 53.2 Å². The van der Waals surface area contributed by atoms with Crippen LogP contribution in [0.15, 0.2) is 41.1 Å². The van der Waals surface area contributed by atoms with Crippen LogP contribution in [-0.2, 0) is 0 Å². The number of anilines is 2. The first kappa shape index (κ1) is 14.3. The number of pyridine rings is 1. The molecule has 2 aromatic rings. The Labute approximate surface area is 125 Å². The first-order chi connectivity index (χ1) is 9.61. The lowest BCUT2D eigenvalue weighted by atomic mass is 10.1. The van der Waals surface area contributed by atoms with E-state index in [4.69, 9.17) is 10.5 Å².